The number of halogens is 1. The molecule has 2 aromatic carbocycles. The molecule has 1 fully saturated rings. The van der Waals surface area contributed by atoms with Crippen molar-refractivity contribution in [1.82, 2.24) is 0 Å². The maximum Gasteiger partial charge on any atom is 0.314 e. The van der Waals surface area contributed by atoms with E-state index in [4.69, 9.17) is 4.74 Å². The summed E-state index contributed by atoms with van der Waals surface area (Å²) in [4.78, 5) is 12.3. The molecule has 126 valence electrons. The summed E-state index contributed by atoms with van der Waals surface area (Å²) in [7, 11) is 0. The maximum atomic E-state index is 13.0. The zero-order chi connectivity index (χ0) is 16.9. The van der Waals surface area contributed by atoms with E-state index in [1.807, 2.05) is 12.1 Å². The molecule has 2 nitrogen and oxygen atoms in total. The molecule has 0 atom stereocenters. The summed E-state index contributed by atoms with van der Waals surface area (Å²) in [5.41, 5.74) is 1.91. The molecule has 3 rings (SSSR count). The largest absolute Gasteiger partial charge is 0.426 e. The molecule has 0 aliphatic heterocycles. The van der Waals surface area contributed by atoms with Crippen LogP contribution in [0, 0.1) is 17.7 Å². The van der Waals surface area contributed by atoms with E-state index < -0.39 is 0 Å². The van der Waals surface area contributed by atoms with E-state index in [0.29, 0.717) is 5.75 Å². The molecule has 1 aliphatic carbocycles. The van der Waals surface area contributed by atoms with E-state index in [-0.39, 0.29) is 17.7 Å². The quantitative estimate of drug-likeness (QED) is 0.539. The first-order chi connectivity index (χ1) is 11.7. The molecule has 0 N–H and O–H groups in total. The first-order valence-corrected chi connectivity index (χ1v) is 8.73. The van der Waals surface area contributed by atoms with Gasteiger partial charge in [-0.2, -0.15) is 0 Å². The lowest BCUT2D eigenvalue weighted by molar-refractivity contribution is -0.140. The highest BCUT2D eigenvalue weighted by Gasteiger charge is 2.26. The Hall–Kier alpha value is -2.16. The van der Waals surface area contributed by atoms with Gasteiger partial charge in [-0.05, 0) is 67.0 Å². The summed E-state index contributed by atoms with van der Waals surface area (Å²) in [6, 6.07) is 13.7. The highest BCUT2D eigenvalue weighted by atomic mass is 19.1. The van der Waals surface area contributed by atoms with Crippen LogP contribution in [-0.2, 0) is 4.79 Å². The second-order valence-electron chi connectivity index (χ2n) is 6.58. The molecule has 0 spiro atoms. The van der Waals surface area contributed by atoms with Crippen LogP contribution in [0.5, 0.6) is 5.75 Å². The van der Waals surface area contributed by atoms with Gasteiger partial charge in [0.25, 0.3) is 0 Å². The van der Waals surface area contributed by atoms with Crippen molar-refractivity contribution in [2.45, 2.75) is 39.0 Å². The summed E-state index contributed by atoms with van der Waals surface area (Å²) in [6.45, 7) is 2.21. The van der Waals surface area contributed by atoms with Gasteiger partial charge < -0.3 is 4.74 Å². The van der Waals surface area contributed by atoms with Crippen LogP contribution in [0.15, 0.2) is 48.5 Å². The maximum absolute atomic E-state index is 13.0. The van der Waals surface area contributed by atoms with Crippen molar-refractivity contribution in [1.29, 1.82) is 0 Å². The van der Waals surface area contributed by atoms with Crippen LogP contribution in [0.1, 0.15) is 39.0 Å². The normalized spacial score (nSPS) is 20.6. The fourth-order valence-electron chi connectivity index (χ4n) is 3.36. The lowest BCUT2D eigenvalue weighted by atomic mass is 9.81. The highest BCUT2D eigenvalue weighted by Crippen LogP contribution is 2.32. The number of ether oxygens (including phenoxy) is 1. The SMILES string of the molecule is CC[C@H]1CC[C@H](C(=O)Oc2ccc(-c3ccc(F)cc3)cc2)CC1. The topological polar surface area (TPSA) is 26.3 Å². The standard InChI is InChI=1S/C21H23FO2/c1-2-15-3-5-18(6-4-15)21(23)24-20-13-9-17(10-14-20)16-7-11-19(22)12-8-16/h7-15,18H,2-6H2,1H3/t15-,18-. The average Bonchev–Trinajstić information content (AvgIpc) is 2.63. The molecule has 0 radical (unpaired) electrons. The number of esters is 1. The molecule has 0 bridgehead atoms. The van der Waals surface area contributed by atoms with Crippen molar-refractivity contribution in [3.8, 4) is 16.9 Å². The van der Waals surface area contributed by atoms with Gasteiger partial charge in [0.05, 0.1) is 5.92 Å². The van der Waals surface area contributed by atoms with Gasteiger partial charge in [-0.15, -0.1) is 0 Å². The molecular formula is C21H23FO2. The predicted molar refractivity (Wildman–Crippen MR) is 93.2 cm³/mol. The van der Waals surface area contributed by atoms with Crippen LogP contribution in [0.2, 0.25) is 0 Å². The van der Waals surface area contributed by atoms with E-state index in [0.717, 1.165) is 42.7 Å². The molecule has 1 saturated carbocycles. The van der Waals surface area contributed by atoms with E-state index >= 15 is 0 Å². The Morgan fingerprint density at radius 3 is 2.04 bits per heavy atom. The van der Waals surface area contributed by atoms with Crippen LogP contribution in [0.4, 0.5) is 4.39 Å². The van der Waals surface area contributed by atoms with Crippen molar-refractivity contribution >= 4 is 5.97 Å². The molecule has 0 amide bonds. The van der Waals surface area contributed by atoms with Crippen molar-refractivity contribution in [2.24, 2.45) is 11.8 Å². The minimum atomic E-state index is -0.248. The van der Waals surface area contributed by atoms with Gasteiger partial charge in [-0.25, -0.2) is 4.39 Å². The van der Waals surface area contributed by atoms with Gasteiger partial charge in [0, 0.05) is 0 Å². The number of rotatable bonds is 4. The monoisotopic (exact) mass is 326 g/mol. The summed E-state index contributed by atoms with van der Waals surface area (Å²) in [6.07, 6.45) is 5.32. The second kappa shape index (κ2) is 7.61. The Morgan fingerprint density at radius 2 is 1.50 bits per heavy atom. The van der Waals surface area contributed by atoms with E-state index in [9.17, 15) is 9.18 Å². The molecule has 0 saturated heterocycles. The first-order valence-electron chi connectivity index (χ1n) is 8.73. The first kappa shape index (κ1) is 16.7. The summed E-state index contributed by atoms with van der Waals surface area (Å²) in [5, 5.41) is 0. The van der Waals surface area contributed by atoms with Crippen LogP contribution in [-0.4, -0.2) is 5.97 Å². The summed E-state index contributed by atoms with van der Waals surface area (Å²) in [5.74, 6) is 1.01. The molecular weight excluding hydrogens is 303 g/mol. The Kier molecular flexibility index (Phi) is 5.29. The third-order valence-corrected chi connectivity index (χ3v) is 5.01. The zero-order valence-electron chi connectivity index (χ0n) is 14.0. The number of carbonyl (C=O) groups is 1. The number of benzene rings is 2. The Morgan fingerprint density at radius 1 is 0.958 bits per heavy atom. The second-order valence-corrected chi connectivity index (χ2v) is 6.58. The van der Waals surface area contributed by atoms with Gasteiger partial charge in [0.1, 0.15) is 11.6 Å². The summed E-state index contributed by atoms with van der Waals surface area (Å²) >= 11 is 0. The lowest BCUT2D eigenvalue weighted by Crippen LogP contribution is -2.25. The molecule has 0 aromatic heterocycles. The van der Waals surface area contributed by atoms with Gasteiger partial charge in [-0.1, -0.05) is 37.6 Å². The molecule has 0 unspecified atom stereocenters. The third-order valence-electron chi connectivity index (χ3n) is 5.01. The van der Waals surface area contributed by atoms with Crippen molar-refractivity contribution in [3.63, 3.8) is 0 Å². The van der Waals surface area contributed by atoms with Gasteiger partial charge in [0.2, 0.25) is 0 Å². The molecule has 1 aliphatic rings. The Balaban J connectivity index is 1.60. The Bertz CT molecular complexity index is 668. The number of carbonyl (C=O) groups excluding carboxylic acids is 1. The van der Waals surface area contributed by atoms with Crippen LogP contribution in [0.25, 0.3) is 11.1 Å². The van der Waals surface area contributed by atoms with Crippen LogP contribution >= 0.6 is 0 Å². The van der Waals surface area contributed by atoms with Crippen molar-refractivity contribution < 1.29 is 13.9 Å². The minimum Gasteiger partial charge on any atom is -0.426 e. The number of hydrogen-bond donors (Lipinski definition) is 0. The van der Waals surface area contributed by atoms with Crippen molar-refractivity contribution in [2.75, 3.05) is 0 Å². The molecule has 24 heavy (non-hydrogen) atoms. The van der Waals surface area contributed by atoms with Gasteiger partial charge >= 0.3 is 5.97 Å². The average molecular weight is 326 g/mol. The summed E-state index contributed by atoms with van der Waals surface area (Å²) < 4.78 is 18.5. The zero-order valence-corrected chi connectivity index (χ0v) is 14.0. The lowest BCUT2D eigenvalue weighted by Gasteiger charge is -2.26. The van der Waals surface area contributed by atoms with E-state index in [1.54, 1.807) is 24.3 Å². The molecule has 0 heterocycles. The highest BCUT2D eigenvalue weighted by molar-refractivity contribution is 5.75. The molecule has 2 aromatic rings. The fraction of sp³-hybridized carbons (Fsp3) is 0.381. The van der Waals surface area contributed by atoms with Crippen LogP contribution in [0.3, 0.4) is 0 Å². The van der Waals surface area contributed by atoms with Crippen LogP contribution < -0.4 is 4.74 Å². The number of hydrogen-bond acceptors (Lipinski definition) is 2. The van der Waals surface area contributed by atoms with Gasteiger partial charge in [-0.3, -0.25) is 4.79 Å². The third kappa shape index (κ3) is 4.02. The molecule has 3 heteroatoms. The van der Waals surface area contributed by atoms with Crippen molar-refractivity contribution in [3.05, 3.63) is 54.3 Å². The Labute approximate surface area is 142 Å². The predicted octanol–water partition coefficient (Wildman–Crippen LogP) is 5.61. The van der Waals surface area contributed by atoms with E-state index in [1.165, 1.54) is 18.6 Å². The smallest absolute Gasteiger partial charge is 0.314 e. The van der Waals surface area contributed by atoms with Gasteiger partial charge in [0.15, 0.2) is 0 Å². The minimum absolute atomic E-state index is 0.0320. The fourth-order valence-corrected chi connectivity index (χ4v) is 3.36. The van der Waals surface area contributed by atoms with E-state index in [2.05, 4.69) is 6.92 Å².